The molecule has 76 valence electrons. The summed E-state index contributed by atoms with van der Waals surface area (Å²) in [6.07, 6.45) is -0.851. The highest BCUT2D eigenvalue weighted by molar-refractivity contribution is 6.18. The number of aryl methyl sites for hydroxylation is 1. The van der Waals surface area contributed by atoms with Crippen LogP contribution in [0.4, 0.5) is 5.69 Å². The van der Waals surface area contributed by atoms with Crippen molar-refractivity contribution in [1.29, 1.82) is 0 Å². The molecule has 0 fully saturated rings. The summed E-state index contributed by atoms with van der Waals surface area (Å²) in [7, 11) is 0. The number of nitro benzene ring substituents is 1. The summed E-state index contributed by atoms with van der Waals surface area (Å²) in [6.45, 7) is 1.65. The van der Waals surface area contributed by atoms with E-state index in [1.807, 2.05) is 0 Å². The van der Waals surface area contributed by atoms with E-state index >= 15 is 0 Å². The van der Waals surface area contributed by atoms with E-state index in [1.165, 1.54) is 6.07 Å². The van der Waals surface area contributed by atoms with Crippen LogP contribution >= 0.6 is 11.6 Å². The lowest BCUT2D eigenvalue weighted by atomic mass is 10.1. The lowest BCUT2D eigenvalue weighted by molar-refractivity contribution is -0.385. The van der Waals surface area contributed by atoms with Gasteiger partial charge in [0.25, 0.3) is 5.69 Å². The lowest BCUT2D eigenvalue weighted by Crippen LogP contribution is -2.00. The molecule has 0 unspecified atom stereocenters. The Bertz CT molecular complexity index is 354. The van der Waals surface area contributed by atoms with E-state index in [-0.39, 0.29) is 11.6 Å². The number of hydrogen-bond donors (Lipinski definition) is 1. The first-order chi connectivity index (χ1) is 6.56. The van der Waals surface area contributed by atoms with Gasteiger partial charge in [-0.2, -0.15) is 0 Å². The number of aliphatic hydroxyl groups excluding tert-OH is 1. The number of halogens is 1. The van der Waals surface area contributed by atoms with Crippen LogP contribution in [-0.2, 0) is 0 Å². The summed E-state index contributed by atoms with van der Waals surface area (Å²) in [5.74, 6) is 0.0280. The summed E-state index contributed by atoms with van der Waals surface area (Å²) < 4.78 is 0. The van der Waals surface area contributed by atoms with Gasteiger partial charge in [-0.25, -0.2) is 0 Å². The maximum atomic E-state index is 10.6. The fourth-order valence-corrected chi connectivity index (χ4v) is 1.30. The number of nitrogens with zero attached hydrogens (tertiary/aromatic N) is 1. The molecule has 5 heteroatoms. The van der Waals surface area contributed by atoms with E-state index in [1.54, 1.807) is 19.1 Å². The first kappa shape index (κ1) is 10.9. The van der Waals surface area contributed by atoms with Crippen molar-refractivity contribution in [3.63, 3.8) is 0 Å². The summed E-state index contributed by atoms with van der Waals surface area (Å²) in [5.41, 5.74) is 1.05. The molecule has 0 aliphatic carbocycles. The fraction of sp³-hybridized carbons (Fsp3) is 0.333. The molecule has 0 heterocycles. The van der Waals surface area contributed by atoms with Crippen molar-refractivity contribution in [2.75, 3.05) is 5.88 Å². The first-order valence-corrected chi connectivity index (χ1v) is 4.58. The highest BCUT2D eigenvalue weighted by atomic mass is 35.5. The number of nitro groups is 1. The Morgan fingerprint density at radius 3 is 2.79 bits per heavy atom. The van der Waals surface area contributed by atoms with Crippen LogP contribution in [0.3, 0.4) is 0 Å². The monoisotopic (exact) mass is 215 g/mol. The normalized spacial score (nSPS) is 12.5. The molecule has 0 saturated carbocycles. The van der Waals surface area contributed by atoms with Crippen molar-refractivity contribution in [2.45, 2.75) is 13.0 Å². The molecular formula is C9H10ClNO3. The minimum absolute atomic E-state index is 0.00617. The zero-order valence-electron chi connectivity index (χ0n) is 7.61. The number of aliphatic hydroxyl groups is 1. The summed E-state index contributed by atoms with van der Waals surface area (Å²) in [6, 6.07) is 4.58. The van der Waals surface area contributed by atoms with Gasteiger partial charge in [-0.15, -0.1) is 11.6 Å². The second kappa shape index (κ2) is 4.39. The fourth-order valence-electron chi connectivity index (χ4n) is 1.12. The van der Waals surface area contributed by atoms with Crippen LogP contribution in [-0.4, -0.2) is 15.9 Å². The van der Waals surface area contributed by atoms with E-state index < -0.39 is 11.0 Å². The van der Waals surface area contributed by atoms with Gasteiger partial charge in [0, 0.05) is 11.6 Å². The zero-order chi connectivity index (χ0) is 10.7. The van der Waals surface area contributed by atoms with Crippen LogP contribution in [0.25, 0.3) is 0 Å². The van der Waals surface area contributed by atoms with Crippen molar-refractivity contribution in [2.24, 2.45) is 0 Å². The predicted molar refractivity (Wildman–Crippen MR) is 53.5 cm³/mol. The Hall–Kier alpha value is -1.13. The summed E-state index contributed by atoms with van der Waals surface area (Å²) in [4.78, 5) is 10.1. The molecule has 1 N–H and O–H groups in total. The van der Waals surface area contributed by atoms with Gasteiger partial charge in [0.2, 0.25) is 0 Å². The van der Waals surface area contributed by atoms with Gasteiger partial charge in [-0.3, -0.25) is 10.1 Å². The quantitative estimate of drug-likeness (QED) is 0.478. The third kappa shape index (κ3) is 2.21. The van der Waals surface area contributed by atoms with Gasteiger partial charge < -0.3 is 5.11 Å². The van der Waals surface area contributed by atoms with E-state index in [0.29, 0.717) is 11.1 Å². The maximum Gasteiger partial charge on any atom is 0.272 e. The van der Waals surface area contributed by atoms with Crippen LogP contribution < -0.4 is 0 Å². The standard InChI is InChI=1S/C9H10ClNO3/c1-6-2-3-7(9(12)5-10)4-8(6)11(13)14/h2-4,9,12H,5H2,1H3/t9-/m1/s1. The third-order valence-electron chi connectivity index (χ3n) is 1.96. The molecule has 14 heavy (non-hydrogen) atoms. The molecule has 0 spiro atoms. The Morgan fingerprint density at radius 2 is 2.29 bits per heavy atom. The molecule has 1 rings (SSSR count). The average Bonchev–Trinajstić information content (AvgIpc) is 2.17. The van der Waals surface area contributed by atoms with E-state index in [2.05, 4.69) is 0 Å². The Balaban J connectivity index is 3.12. The number of hydrogen-bond acceptors (Lipinski definition) is 3. The van der Waals surface area contributed by atoms with Gasteiger partial charge in [0.15, 0.2) is 0 Å². The van der Waals surface area contributed by atoms with E-state index in [0.717, 1.165) is 0 Å². The molecule has 0 aliphatic rings. The van der Waals surface area contributed by atoms with E-state index in [4.69, 9.17) is 11.6 Å². The highest BCUT2D eigenvalue weighted by Crippen LogP contribution is 2.23. The van der Waals surface area contributed by atoms with Gasteiger partial charge in [-0.1, -0.05) is 12.1 Å². The average molecular weight is 216 g/mol. The van der Waals surface area contributed by atoms with Gasteiger partial charge in [0.1, 0.15) is 0 Å². The topological polar surface area (TPSA) is 63.4 Å². The number of rotatable bonds is 3. The molecule has 1 aromatic carbocycles. The zero-order valence-corrected chi connectivity index (χ0v) is 8.36. The molecule has 0 amide bonds. The molecule has 0 aromatic heterocycles. The Kier molecular flexibility index (Phi) is 3.43. The van der Waals surface area contributed by atoms with Crippen LogP contribution in [0.15, 0.2) is 18.2 Å². The van der Waals surface area contributed by atoms with Crippen molar-refractivity contribution >= 4 is 17.3 Å². The van der Waals surface area contributed by atoms with Gasteiger partial charge in [0.05, 0.1) is 16.9 Å². The number of benzene rings is 1. The largest absolute Gasteiger partial charge is 0.387 e. The van der Waals surface area contributed by atoms with Crippen LogP contribution in [0.1, 0.15) is 17.2 Å². The van der Waals surface area contributed by atoms with Crippen LogP contribution in [0, 0.1) is 17.0 Å². The van der Waals surface area contributed by atoms with Gasteiger partial charge >= 0.3 is 0 Å². The summed E-state index contributed by atoms with van der Waals surface area (Å²) >= 11 is 5.44. The molecule has 0 aliphatic heterocycles. The smallest absolute Gasteiger partial charge is 0.272 e. The summed E-state index contributed by atoms with van der Waals surface area (Å²) in [5, 5.41) is 19.9. The molecule has 0 bridgehead atoms. The van der Waals surface area contributed by atoms with Crippen molar-refractivity contribution in [1.82, 2.24) is 0 Å². The highest BCUT2D eigenvalue weighted by Gasteiger charge is 2.14. The maximum absolute atomic E-state index is 10.6. The van der Waals surface area contributed by atoms with Crippen LogP contribution in [0.2, 0.25) is 0 Å². The minimum Gasteiger partial charge on any atom is -0.387 e. The number of alkyl halides is 1. The SMILES string of the molecule is Cc1ccc([C@H](O)CCl)cc1[N+](=O)[O-]. The minimum atomic E-state index is -0.851. The molecule has 0 saturated heterocycles. The van der Waals surface area contributed by atoms with Crippen LogP contribution in [0.5, 0.6) is 0 Å². The molecule has 4 nitrogen and oxygen atoms in total. The Labute approximate surface area is 86.3 Å². The van der Waals surface area contributed by atoms with Crippen molar-refractivity contribution < 1.29 is 10.0 Å². The van der Waals surface area contributed by atoms with Gasteiger partial charge in [-0.05, 0) is 12.5 Å². The van der Waals surface area contributed by atoms with Crippen molar-refractivity contribution in [3.05, 3.63) is 39.4 Å². The second-order valence-electron chi connectivity index (χ2n) is 2.97. The first-order valence-electron chi connectivity index (χ1n) is 4.05. The molecule has 1 atom stereocenters. The second-order valence-corrected chi connectivity index (χ2v) is 3.28. The molecular weight excluding hydrogens is 206 g/mol. The Morgan fingerprint density at radius 1 is 1.64 bits per heavy atom. The van der Waals surface area contributed by atoms with Crippen molar-refractivity contribution in [3.8, 4) is 0 Å². The third-order valence-corrected chi connectivity index (χ3v) is 2.25. The lowest BCUT2D eigenvalue weighted by Gasteiger charge is -2.07. The van der Waals surface area contributed by atoms with E-state index in [9.17, 15) is 15.2 Å². The molecule has 0 radical (unpaired) electrons. The molecule has 1 aromatic rings. The predicted octanol–water partition coefficient (Wildman–Crippen LogP) is 2.18.